The van der Waals surface area contributed by atoms with E-state index in [1.54, 1.807) is 30.5 Å². The molecular formula is C21H22N4O2S. The van der Waals surface area contributed by atoms with Gasteiger partial charge in [0, 0.05) is 23.8 Å². The second-order valence-corrected chi connectivity index (χ2v) is 8.76. The number of benzene rings is 2. The first-order valence-electron chi connectivity index (χ1n) is 9.26. The number of sulfone groups is 1. The number of nitrogens with zero attached hydrogens (tertiary/aromatic N) is 4. The van der Waals surface area contributed by atoms with E-state index in [1.807, 2.05) is 15.4 Å². The first-order chi connectivity index (χ1) is 13.4. The summed E-state index contributed by atoms with van der Waals surface area (Å²) in [6.45, 7) is 5.02. The molecule has 0 saturated carbocycles. The van der Waals surface area contributed by atoms with E-state index in [2.05, 4.69) is 37.1 Å². The van der Waals surface area contributed by atoms with Gasteiger partial charge in [-0.25, -0.2) is 13.1 Å². The van der Waals surface area contributed by atoms with Crippen molar-refractivity contribution in [2.75, 3.05) is 6.26 Å². The van der Waals surface area contributed by atoms with Gasteiger partial charge in [-0.1, -0.05) is 19.1 Å². The highest BCUT2D eigenvalue weighted by Crippen LogP contribution is 2.28. The molecule has 6 nitrogen and oxygen atoms in total. The summed E-state index contributed by atoms with van der Waals surface area (Å²) in [6, 6.07) is 15.1. The lowest BCUT2D eigenvalue weighted by Crippen LogP contribution is -2.01. The van der Waals surface area contributed by atoms with E-state index in [9.17, 15) is 8.42 Å². The van der Waals surface area contributed by atoms with Crippen molar-refractivity contribution < 1.29 is 8.42 Å². The minimum absolute atomic E-state index is 0.297. The molecule has 2 aromatic heterocycles. The number of aromatic nitrogens is 4. The van der Waals surface area contributed by atoms with Gasteiger partial charge in [0.05, 0.1) is 33.7 Å². The predicted octanol–water partition coefficient (Wildman–Crippen LogP) is 3.87. The molecule has 4 aromatic rings. The molecule has 0 aliphatic carbocycles. The van der Waals surface area contributed by atoms with Crippen LogP contribution >= 0.6 is 0 Å². The van der Waals surface area contributed by atoms with Crippen molar-refractivity contribution >= 4 is 20.7 Å². The molecule has 2 aromatic carbocycles. The average molecular weight is 395 g/mol. The van der Waals surface area contributed by atoms with Crippen molar-refractivity contribution in [2.45, 2.75) is 31.7 Å². The summed E-state index contributed by atoms with van der Waals surface area (Å²) >= 11 is 0. The summed E-state index contributed by atoms with van der Waals surface area (Å²) in [4.78, 5) is 0.297. The van der Waals surface area contributed by atoms with E-state index in [0.29, 0.717) is 4.90 Å². The Bertz CT molecular complexity index is 1250. The molecule has 0 fully saturated rings. The molecule has 0 radical (unpaired) electrons. The van der Waals surface area contributed by atoms with E-state index in [4.69, 9.17) is 5.10 Å². The summed E-state index contributed by atoms with van der Waals surface area (Å²) < 4.78 is 27.2. The Hall–Kier alpha value is -2.93. The van der Waals surface area contributed by atoms with Gasteiger partial charge in [0.2, 0.25) is 0 Å². The monoisotopic (exact) mass is 394 g/mol. The summed E-state index contributed by atoms with van der Waals surface area (Å²) in [5.41, 5.74) is 5.00. The molecule has 4 rings (SSSR count). The van der Waals surface area contributed by atoms with Crippen LogP contribution in [0.2, 0.25) is 0 Å². The molecule has 28 heavy (non-hydrogen) atoms. The normalized spacial score (nSPS) is 12.0. The maximum Gasteiger partial charge on any atom is 0.175 e. The van der Waals surface area contributed by atoms with Crippen LogP contribution in [0.25, 0.3) is 27.8 Å². The highest BCUT2D eigenvalue weighted by molar-refractivity contribution is 7.90. The molecule has 7 heteroatoms. The molecule has 2 heterocycles. The quantitative estimate of drug-likeness (QED) is 0.515. The molecule has 0 unspecified atom stereocenters. The van der Waals surface area contributed by atoms with Crippen LogP contribution in [0.1, 0.15) is 19.5 Å². The highest BCUT2D eigenvalue weighted by Gasteiger charge is 2.13. The number of rotatable bonds is 5. The van der Waals surface area contributed by atoms with Crippen molar-refractivity contribution in [3.63, 3.8) is 0 Å². The molecule has 0 N–H and O–H groups in total. The van der Waals surface area contributed by atoms with Crippen LogP contribution in [-0.2, 0) is 22.8 Å². The Morgan fingerprint density at radius 1 is 1.00 bits per heavy atom. The lowest BCUT2D eigenvalue weighted by Gasteiger charge is -2.09. The Balaban J connectivity index is 1.81. The Morgan fingerprint density at radius 2 is 1.75 bits per heavy atom. The van der Waals surface area contributed by atoms with Crippen LogP contribution in [0.5, 0.6) is 0 Å². The Morgan fingerprint density at radius 3 is 2.39 bits per heavy atom. The minimum atomic E-state index is -3.22. The number of fused-ring (bicyclic) bond motifs is 1. The molecular weight excluding hydrogens is 372 g/mol. The van der Waals surface area contributed by atoms with E-state index in [0.717, 1.165) is 41.1 Å². The fourth-order valence-corrected chi connectivity index (χ4v) is 4.10. The highest BCUT2D eigenvalue weighted by atomic mass is 32.2. The first-order valence-corrected chi connectivity index (χ1v) is 11.2. The van der Waals surface area contributed by atoms with Crippen LogP contribution in [0.4, 0.5) is 0 Å². The lowest BCUT2D eigenvalue weighted by molar-refractivity contribution is 0.602. The third-order valence-corrected chi connectivity index (χ3v) is 6.04. The molecule has 144 valence electrons. The van der Waals surface area contributed by atoms with Crippen LogP contribution in [0.3, 0.4) is 0 Å². The van der Waals surface area contributed by atoms with Gasteiger partial charge >= 0.3 is 0 Å². The van der Waals surface area contributed by atoms with Gasteiger partial charge in [-0.3, -0.25) is 4.68 Å². The van der Waals surface area contributed by atoms with Crippen molar-refractivity contribution in [3.05, 3.63) is 60.4 Å². The van der Waals surface area contributed by atoms with Crippen LogP contribution in [-0.4, -0.2) is 34.2 Å². The van der Waals surface area contributed by atoms with Gasteiger partial charge in [0.1, 0.15) is 0 Å². The summed E-state index contributed by atoms with van der Waals surface area (Å²) in [5.74, 6) is 0. The zero-order chi connectivity index (χ0) is 19.9. The van der Waals surface area contributed by atoms with E-state index >= 15 is 0 Å². The number of aryl methyl sites for hydroxylation is 2. The second kappa shape index (κ2) is 6.91. The van der Waals surface area contributed by atoms with E-state index in [-0.39, 0.29) is 0 Å². The van der Waals surface area contributed by atoms with Gasteiger partial charge in [-0.05, 0) is 49.7 Å². The van der Waals surface area contributed by atoms with Gasteiger partial charge in [0.25, 0.3) is 0 Å². The van der Waals surface area contributed by atoms with Gasteiger partial charge < -0.3 is 0 Å². The molecule has 0 bridgehead atoms. The molecule has 0 aliphatic heterocycles. The third kappa shape index (κ3) is 3.11. The topological polar surface area (TPSA) is 69.8 Å². The Labute approximate surface area is 164 Å². The predicted molar refractivity (Wildman–Crippen MR) is 110 cm³/mol. The fraction of sp³-hybridized carbons (Fsp3) is 0.238. The average Bonchev–Trinajstić information content (AvgIpc) is 3.31. The van der Waals surface area contributed by atoms with Crippen molar-refractivity contribution in [3.8, 4) is 16.9 Å². The maximum absolute atomic E-state index is 11.7. The van der Waals surface area contributed by atoms with Crippen molar-refractivity contribution in [1.82, 2.24) is 19.6 Å². The van der Waals surface area contributed by atoms with E-state index in [1.165, 1.54) is 11.6 Å². The second-order valence-electron chi connectivity index (χ2n) is 6.74. The zero-order valence-corrected chi connectivity index (χ0v) is 16.9. The van der Waals surface area contributed by atoms with E-state index < -0.39 is 9.84 Å². The zero-order valence-electron chi connectivity index (χ0n) is 16.1. The first kappa shape index (κ1) is 18.4. The van der Waals surface area contributed by atoms with Gasteiger partial charge in [-0.15, -0.1) is 0 Å². The minimum Gasteiger partial charge on any atom is -0.265 e. The molecule has 0 saturated heterocycles. The van der Waals surface area contributed by atoms with Crippen molar-refractivity contribution in [2.24, 2.45) is 0 Å². The van der Waals surface area contributed by atoms with Crippen molar-refractivity contribution in [1.29, 1.82) is 0 Å². The standard InChI is InChI=1S/C21H22N4O2S/c1-4-19-18-11-6-15(14-21(18)24(5-2)23-19)20-12-13-22-25(20)16-7-9-17(10-8-16)28(3,26)27/h6-14H,4-5H2,1-3H3. The number of hydrogen-bond acceptors (Lipinski definition) is 4. The molecule has 0 spiro atoms. The molecule has 0 amide bonds. The summed E-state index contributed by atoms with van der Waals surface area (Å²) in [6.07, 6.45) is 3.85. The SMILES string of the molecule is CCc1nn(CC)c2cc(-c3ccnn3-c3ccc(S(C)(=O)=O)cc3)ccc12. The van der Waals surface area contributed by atoms with Crippen LogP contribution < -0.4 is 0 Å². The maximum atomic E-state index is 11.7. The fourth-order valence-electron chi connectivity index (χ4n) is 3.47. The van der Waals surface area contributed by atoms with Gasteiger partial charge in [-0.2, -0.15) is 10.2 Å². The lowest BCUT2D eigenvalue weighted by atomic mass is 10.1. The van der Waals surface area contributed by atoms with Crippen LogP contribution in [0.15, 0.2) is 59.6 Å². The van der Waals surface area contributed by atoms with Gasteiger partial charge in [0.15, 0.2) is 9.84 Å². The smallest absolute Gasteiger partial charge is 0.175 e. The Kier molecular flexibility index (Phi) is 4.55. The van der Waals surface area contributed by atoms with Crippen LogP contribution in [0, 0.1) is 0 Å². The molecule has 0 atom stereocenters. The summed E-state index contributed by atoms with van der Waals surface area (Å²) in [7, 11) is -3.22. The number of hydrogen-bond donors (Lipinski definition) is 0. The third-order valence-electron chi connectivity index (χ3n) is 4.91. The molecule has 0 aliphatic rings. The summed E-state index contributed by atoms with van der Waals surface area (Å²) in [5, 5.41) is 10.3. The largest absolute Gasteiger partial charge is 0.265 e.